The van der Waals surface area contributed by atoms with Crippen LogP contribution < -0.4 is 5.32 Å². The summed E-state index contributed by atoms with van der Waals surface area (Å²) in [5.41, 5.74) is 0. The summed E-state index contributed by atoms with van der Waals surface area (Å²) < 4.78 is -0.368. The van der Waals surface area contributed by atoms with Gasteiger partial charge in [0.05, 0.1) is 0 Å². The Bertz CT molecular complexity index is 169. The van der Waals surface area contributed by atoms with Gasteiger partial charge in [0.25, 0.3) is 0 Å². The maximum absolute atomic E-state index is 10.4. The number of aliphatic imine (C=N–C) groups is 1. The minimum absolute atomic E-state index is 0.257. The summed E-state index contributed by atoms with van der Waals surface area (Å²) in [6.07, 6.45) is -1.44. The summed E-state index contributed by atoms with van der Waals surface area (Å²) in [7, 11) is 0. The van der Waals surface area contributed by atoms with Gasteiger partial charge in [-0.25, -0.2) is 4.99 Å². The molecule has 0 aromatic heterocycles. The van der Waals surface area contributed by atoms with Crippen molar-refractivity contribution in [2.45, 2.75) is 6.35 Å². The lowest BCUT2D eigenvalue weighted by Crippen LogP contribution is -2.34. The quantitative estimate of drug-likeness (QED) is 0.411. The lowest BCUT2D eigenvalue weighted by Gasteiger charge is -2.05. The molecule has 0 radical (unpaired) electrons. The Labute approximate surface area is 78.1 Å². The summed E-state index contributed by atoms with van der Waals surface area (Å²) in [6.45, 7) is 0. The number of alkyl halides is 1. The second kappa shape index (κ2) is 5.60. The highest BCUT2D eigenvalue weighted by molar-refractivity contribution is 6.95. The molecule has 0 aliphatic carbocycles. The first kappa shape index (κ1) is 11.0. The molecule has 0 bridgehead atoms. The molecule has 0 saturated carbocycles. The van der Waals surface area contributed by atoms with Crippen LogP contribution in [0.1, 0.15) is 0 Å². The number of rotatable bonds is 3. The molecular formula is C4H5Cl3N2O2. The average Bonchev–Trinajstić information content (AvgIpc) is 1.85. The molecule has 1 unspecified atom stereocenters. The van der Waals surface area contributed by atoms with Gasteiger partial charge >= 0.3 is 0 Å². The number of amides is 1. The SMILES string of the molecule is O=C(CCl)NC(O)N=C(Cl)Cl. The molecule has 64 valence electrons. The van der Waals surface area contributed by atoms with E-state index in [-0.39, 0.29) is 10.5 Å². The van der Waals surface area contributed by atoms with Gasteiger partial charge in [-0.2, -0.15) is 0 Å². The first-order valence-electron chi connectivity index (χ1n) is 2.48. The number of carbonyl (C=O) groups is 1. The predicted octanol–water partition coefficient (Wildman–Crippen LogP) is 0.451. The van der Waals surface area contributed by atoms with Crippen LogP contribution in [0, 0.1) is 0 Å². The Morgan fingerprint density at radius 3 is 2.55 bits per heavy atom. The van der Waals surface area contributed by atoms with Crippen LogP contribution in [0.25, 0.3) is 0 Å². The van der Waals surface area contributed by atoms with Crippen LogP contribution in [0.4, 0.5) is 0 Å². The fourth-order valence-electron chi connectivity index (χ4n) is 0.307. The number of aliphatic hydroxyl groups excluding tert-OH is 1. The van der Waals surface area contributed by atoms with Crippen molar-refractivity contribution in [3.8, 4) is 0 Å². The fraction of sp³-hybridized carbons (Fsp3) is 0.500. The Morgan fingerprint density at radius 1 is 1.64 bits per heavy atom. The van der Waals surface area contributed by atoms with E-state index in [0.29, 0.717) is 0 Å². The smallest absolute Gasteiger partial charge is 0.238 e. The van der Waals surface area contributed by atoms with Crippen molar-refractivity contribution in [3.63, 3.8) is 0 Å². The number of carbonyl (C=O) groups excluding carboxylic acids is 1. The average molecular weight is 219 g/mol. The van der Waals surface area contributed by atoms with Gasteiger partial charge in [-0.3, -0.25) is 4.79 Å². The Balaban J connectivity index is 3.78. The number of hydrogen-bond acceptors (Lipinski definition) is 3. The highest BCUT2D eigenvalue weighted by atomic mass is 35.5. The molecular weight excluding hydrogens is 214 g/mol. The molecule has 0 heterocycles. The van der Waals surface area contributed by atoms with E-state index in [2.05, 4.69) is 4.99 Å². The minimum Gasteiger partial charge on any atom is -0.355 e. The van der Waals surface area contributed by atoms with Gasteiger partial charge in [0.15, 0.2) is 4.63 Å². The lowest BCUT2D eigenvalue weighted by molar-refractivity contribution is -0.121. The van der Waals surface area contributed by atoms with Crippen LogP contribution in [0.5, 0.6) is 0 Å². The molecule has 0 aromatic carbocycles. The molecule has 1 amide bonds. The number of aliphatic hydroxyl groups is 1. The van der Waals surface area contributed by atoms with Crippen molar-refractivity contribution in [3.05, 3.63) is 0 Å². The van der Waals surface area contributed by atoms with Crippen LogP contribution >= 0.6 is 34.8 Å². The molecule has 0 rings (SSSR count). The summed E-state index contributed by atoms with van der Waals surface area (Å²) in [4.78, 5) is 13.6. The molecule has 0 saturated heterocycles. The maximum atomic E-state index is 10.4. The highest BCUT2D eigenvalue weighted by Crippen LogP contribution is 1.93. The van der Waals surface area contributed by atoms with Gasteiger partial charge in [0.1, 0.15) is 5.88 Å². The molecule has 0 aliphatic rings. The van der Waals surface area contributed by atoms with Crippen molar-refractivity contribution < 1.29 is 9.90 Å². The van der Waals surface area contributed by atoms with E-state index in [4.69, 9.17) is 39.9 Å². The number of nitrogens with zero attached hydrogens (tertiary/aromatic N) is 1. The molecule has 0 fully saturated rings. The predicted molar refractivity (Wildman–Crippen MR) is 44.0 cm³/mol. The summed E-state index contributed by atoms with van der Waals surface area (Å²) in [5, 5.41) is 10.8. The third-order valence-corrected chi connectivity index (χ3v) is 1.07. The third-order valence-electron chi connectivity index (χ3n) is 0.631. The van der Waals surface area contributed by atoms with Crippen LogP contribution in [0.3, 0.4) is 0 Å². The van der Waals surface area contributed by atoms with Crippen LogP contribution in [0.15, 0.2) is 4.99 Å². The molecule has 0 aliphatic heterocycles. The minimum atomic E-state index is -1.44. The molecule has 0 aromatic rings. The molecule has 7 heteroatoms. The number of hydrogen-bond donors (Lipinski definition) is 2. The number of nitrogens with one attached hydrogen (secondary N) is 1. The topological polar surface area (TPSA) is 61.7 Å². The number of halogens is 3. The van der Waals surface area contributed by atoms with Crippen molar-refractivity contribution >= 4 is 45.3 Å². The van der Waals surface area contributed by atoms with E-state index < -0.39 is 12.3 Å². The molecule has 1 atom stereocenters. The summed E-state index contributed by atoms with van der Waals surface area (Å²) in [5.74, 6) is -0.815. The van der Waals surface area contributed by atoms with E-state index in [9.17, 15) is 4.79 Å². The standard InChI is InChI=1S/C4H5Cl3N2O2/c5-1-2(10)8-4(11)9-3(6)7/h4,11H,1H2,(H,8,10). The Kier molecular flexibility index (Phi) is 5.58. The van der Waals surface area contributed by atoms with Crippen molar-refractivity contribution in [1.82, 2.24) is 5.32 Å². The maximum Gasteiger partial charge on any atom is 0.238 e. The zero-order valence-electron chi connectivity index (χ0n) is 5.22. The van der Waals surface area contributed by atoms with E-state index in [1.165, 1.54) is 0 Å². The second-order valence-corrected chi connectivity index (χ2v) is 2.62. The monoisotopic (exact) mass is 218 g/mol. The second-order valence-electron chi connectivity index (χ2n) is 1.44. The van der Waals surface area contributed by atoms with Gasteiger partial charge in [-0.05, 0) is 23.2 Å². The van der Waals surface area contributed by atoms with Gasteiger partial charge in [-0.1, -0.05) is 0 Å². The van der Waals surface area contributed by atoms with E-state index in [1.54, 1.807) is 0 Å². The van der Waals surface area contributed by atoms with Gasteiger partial charge < -0.3 is 10.4 Å². The van der Waals surface area contributed by atoms with Gasteiger partial charge in [0.2, 0.25) is 12.3 Å². The van der Waals surface area contributed by atoms with Gasteiger partial charge in [0, 0.05) is 0 Å². The lowest BCUT2D eigenvalue weighted by atomic mass is 10.7. The zero-order valence-corrected chi connectivity index (χ0v) is 7.49. The van der Waals surface area contributed by atoms with Crippen molar-refractivity contribution in [2.75, 3.05) is 5.88 Å². The zero-order chi connectivity index (χ0) is 8.85. The summed E-state index contributed by atoms with van der Waals surface area (Å²) in [6, 6.07) is 0. The van der Waals surface area contributed by atoms with E-state index >= 15 is 0 Å². The fourth-order valence-corrected chi connectivity index (χ4v) is 0.569. The molecule has 4 nitrogen and oxygen atoms in total. The van der Waals surface area contributed by atoms with Gasteiger partial charge in [-0.15, -0.1) is 11.6 Å². The van der Waals surface area contributed by atoms with Crippen molar-refractivity contribution in [2.24, 2.45) is 4.99 Å². The Hall–Kier alpha value is -0.0300. The molecule has 0 spiro atoms. The van der Waals surface area contributed by atoms with Crippen LogP contribution in [0.2, 0.25) is 0 Å². The normalized spacial score (nSPS) is 12.0. The van der Waals surface area contributed by atoms with E-state index in [1.807, 2.05) is 5.32 Å². The van der Waals surface area contributed by atoms with Crippen LogP contribution in [-0.2, 0) is 4.79 Å². The Morgan fingerprint density at radius 2 is 2.18 bits per heavy atom. The molecule has 11 heavy (non-hydrogen) atoms. The first-order valence-corrected chi connectivity index (χ1v) is 3.77. The molecule has 2 N–H and O–H groups in total. The third kappa shape index (κ3) is 6.37. The van der Waals surface area contributed by atoms with Crippen molar-refractivity contribution in [1.29, 1.82) is 0 Å². The van der Waals surface area contributed by atoms with E-state index in [0.717, 1.165) is 0 Å². The largest absolute Gasteiger partial charge is 0.355 e. The summed E-state index contributed by atoms with van der Waals surface area (Å²) >= 11 is 15.2. The highest BCUT2D eigenvalue weighted by Gasteiger charge is 2.05. The first-order chi connectivity index (χ1) is 5.06. The van der Waals surface area contributed by atoms with Crippen LogP contribution in [-0.4, -0.2) is 27.9 Å².